The molecular weight excluding hydrogens is 505 g/mol. The first-order chi connectivity index (χ1) is 15.1. The molecule has 1 heterocycles. The zero-order valence-corrected chi connectivity index (χ0v) is 22.4. The van der Waals surface area contributed by atoms with Crippen LogP contribution in [0.2, 0.25) is 0 Å². The van der Waals surface area contributed by atoms with Gasteiger partial charge in [-0.3, -0.25) is 9.98 Å². The van der Waals surface area contributed by atoms with E-state index in [1.807, 2.05) is 32.0 Å². The molecule has 0 amide bonds. The first kappa shape index (κ1) is 26.6. The van der Waals surface area contributed by atoms with E-state index in [0.29, 0.717) is 0 Å². The molecule has 3 rings (SSSR count). The molecule has 0 fully saturated rings. The molecule has 3 nitrogen and oxygen atoms in total. The molecule has 32 heavy (non-hydrogen) atoms. The van der Waals surface area contributed by atoms with Gasteiger partial charge in [0.15, 0.2) is 0 Å². The number of nitrogens with zero attached hydrogens (tertiary/aromatic N) is 3. The molecule has 3 aromatic rings. The Bertz CT molecular complexity index is 1060. The summed E-state index contributed by atoms with van der Waals surface area (Å²) < 4.78 is 0. The summed E-state index contributed by atoms with van der Waals surface area (Å²) in [6, 6.07) is 18.6. The van der Waals surface area contributed by atoms with Crippen LogP contribution in [0.4, 0.5) is 11.4 Å². The van der Waals surface area contributed by atoms with Gasteiger partial charge in [-0.15, -0.1) is 0 Å². The molecule has 0 atom stereocenters. The topological polar surface area (TPSA) is 37.6 Å². The molecule has 0 bridgehead atoms. The number of aromatic nitrogens is 1. The Kier molecular flexibility index (Phi) is 10.4. The summed E-state index contributed by atoms with van der Waals surface area (Å²) in [4.78, 5) is 14.4. The van der Waals surface area contributed by atoms with Crippen molar-refractivity contribution in [3.8, 4) is 0 Å². The van der Waals surface area contributed by atoms with E-state index < -0.39 is 11.2 Å². The van der Waals surface area contributed by atoms with Crippen LogP contribution < -0.4 is 0 Å². The number of pyridine rings is 1. The second-order valence-electron chi connectivity index (χ2n) is 7.53. The number of aliphatic imine (C=N–C) groups is 2. The molecule has 2 aromatic carbocycles. The van der Waals surface area contributed by atoms with Crippen LogP contribution in [0.25, 0.3) is 0 Å². The number of aryl methyl sites for hydroxylation is 4. The molecule has 0 aliphatic rings. The fourth-order valence-electron chi connectivity index (χ4n) is 3.18. The van der Waals surface area contributed by atoms with Gasteiger partial charge >= 0.3 is 41.5 Å². The maximum absolute atomic E-state index is 4.89. The van der Waals surface area contributed by atoms with Crippen LogP contribution >= 0.6 is 30.3 Å². The molecule has 0 aliphatic carbocycles. The third-order valence-corrected chi connectivity index (χ3v) is 4.77. The first-order valence-corrected chi connectivity index (χ1v) is 14.5. The van der Waals surface area contributed by atoms with Crippen molar-refractivity contribution in [2.45, 2.75) is 41.5 Å². The predicted octanol–water partition coefficient (Wildman–Crippen LogP) is 8.66. The van der Waals surface area contributed by atoms with Gasteiger partial charge in [-0.25, -0.2) is 4.98 Å². The van der Waals surface area contributed by atoms with Crippen LogP contribution in [0.3, 0.4) is 0 Å². The standard InChI is InChI=1S/C25H27N3.3ClH.Fe/c1-16-10-12-22(18(3)14-16)26-20(5)24-8-7-9-25(28-24)21(6)27-23-13-11-17(2)15-19(23)4;;;;/h7-15H,1-6H3;3*1H;/q;;;;+3/p-3. The molecule has 171 valence electrons. The van der Waals surface area contributed by atoms with E-state index in [1.54, 1.807) is 0 Å². The van der Waals surface area contributed by atoms with Gasteiger partial charge in [-0.1, -0.05) is 41.5 Å². The van der Waals surface area contributed by atoms with Gasteiger partial charge < -0.3 is 0 Å². The van der Waals surface area contributed by atoms with E-state index in [1.165, 1.54) is 22.3 Å². The molecule has 0 spiro atoms. The number of benzene rings is 2. The normalized spacial score (nSPS) is 12.2. The summed E-state index contributed by atoms with van der Waals surface area (Å²) in [5.41, 5.74) is 10.3. The molecule has 0 saturated carbocycles. The van der Waals surface area contributed by atoms with Crippen LogP contribution in [-0.2, 0) is 11.2 Å². The van der Waals surface area contributed by atoms with Crippen molar-refractivity contribution in [2.75, 3.05) is 0 Å². The van der Waals surface area contributed by atoms with Crippen LogP contribution in [-0.4, -0.2) is 16.4 Å². The van der Waals surface area contributed by atoms with Crippen molar-refractivity contribution < 1.29 is 11.2 Å². The van der Waals surface area contributed by atoms with Crippen LogP contribution in [0.5, 0.6) is 0 Å². The van der Waals surface area contributed by atoms with Gasteiger partial charge in [0.2, 0.25) is 0 Å². The van der Waals surface area contributed by atoms with E-state index in [2.05, 4.69) is 64.1 Å². The third kappa shape index (κ3) is 8.35. The Hall–Kier alpha value is -1.68. The third-order valence-electron chi connectivity index (χ3n) is 4.77. The minimum atomic E-state index is -1.33. The average Bonchev–Trinajstić information content (AvgIpc) is 2.71. The van der Waals surface area contributed by atoms with Crippen LogP contribution in [0.1, 0.15) is 47.5 Å². The Labute approximate surface area is 208 Å². The van der Waals surface area contributed by atoms with Crippen molar-refractivity contribution in [1.29, 1.82) is 0 Å². The van der Waals surface area contributed by atoms with Gasteiger partial charge in [-0.05, 0) is 76.9 Å². The van der Waals surface area contributed by atoms with Gasteiger partial charge in [0.1, 0.15) is 0 Å². The number of halogens is 3. The predicted molar refractivity (Wildman–Crippen MR) is 137 cm³/mol. The molecule has 0 saturated heterocycles. The summed E-state index contributed by atoms with van der Waals surface area (Å²) >= 11 is -1.33. The van der Waals surface area contributed by atoms with E-state index in [-0.39, 0.29) is 0 Å². The Morgan fingerprint density at radius 2 is 1.06 bits per heavy atom. The summed E-state index contributed by atoms with van der Waals surface area (Å²) in [6.45, 7) is 12.4. The number of hydrogen-bond acceptors (Lipinski definition) is 3. The molecule has 7 heteroatoms. The summed E-state index contributed by atoms with van der Waals surface area (Å²) in [5.74, 6) is 0. The van der Waals surface area contributed by atoms with Crippen molar-refractivity contribution >= 4 is 53.1 Å². The Morgan fingerprint density at radius 1 is 0.688 bits per heavy atom. The quantitative estimate of drug-likeness (QED) is 0.245. The first-order valence-electron chi connectivity index (χ1n) is 9.96. The maximum atomic E-state index is 4.89. The van der Waals surface area contributed by atoms with Crippen molar-refractivity contribution in [2.24, 2.45) is 9.98 Å². The van der Waals surface area contributed by atoms with E-state index >= 15 is 0 Å². The fraction of sp³-hybridized carbons (Fsp3) is 0.240. The van der Waals surface area contributed by atoms with Gasteiger partial charge in [0.25, 0.3) is 0 Å². The molecule has 0 aliphatic heterocycles. The molecule has 0 N–H and O–H groups in total. The zero-order chi connectivity index (χ0) is 23.8. The Morgan fingerprint density at radius 3 is 1.41 bits per heavy atom. The van der Waals surface area contributed by atoms with E-state index in [9.17, 15) is 0 Å². The number of rotatable bonds is 4. The summed E-state index contributed by atoms with van der Waals surface area (Å²) in [6.07, 6.45) is 0. The monoisotopic (exact) mass is 530 g/mol. The van der Waals surface area contributed by atoms with Gasteiger partial charge in [0, 0.05) is 0 Å². The molecule has 0 unspecified atom stereocenters. The zero-order valence-electron chi connectivity index (χ0n) is 19.0. The second-order valence-corrected chi connectivity index (χ2v) is 13.0. The molecular formula is C25H27Cl3FeN3. The average molecular weight is 532 g/mol. The van der Waals surface area contributed by atoms with Gasteiger partial charge in [-0.2, -0.15) is 0 Å². The van der Waals surface area contributed by atoms with Crippen LogP contribution in [0.15, 0.2) is 64.6 Å². The van der Waals surface area contributed by atoms with E-state index in [0.717, 1.165) is 34.2 Å². The van der Waals surface area contributed by atoms with Crippen molar-refractivity contribution in [3.05, 3.63) is 88.2 Å². The van der Waals surface area contributed by atoms with Crippen LogP contribution in [0, 0.1) is 27.7 Å². The minimum absolute atomic E-state index is 0.868. The van der Waals surface area contributed by atoms with Crippen molar-refractivity contribution in [3.63, 3.8) is 0 Å². The number of hydrogen-bond donors (Lipinski definition) is 0. The fourth-order valence-corrected chi connectivity index (χ4v) is 3.18. The van der Waals surface area contributed by atoms with Gasteiger partial charge in [0.05, 0.1) is 34.2 Å². The summed E-state index contributed by atoms with van der Waals surface area (Å²) in [5, 5.41) is 0. The summed E-state index contributed by atoms with van der Waals surface area (Å²) in [7, 11) is 14.7. The molecule has 0 radical (unpaired) electrons. The second kappa shape index (κ2) is 12.5. The van der Waals surface area contributed by atoms with Crippen molar-refractivity contribution in [1.82, 2.24) is 4.98 Å². The molecule has 1 aromatic heterocycles. The Balaban J connectivity index is 0.000000837. The SMILES string of the molecule is CC(=Nc1ccc(C)cc1C)c1cccc(C(C)=Nc2ccc(C)cc2C)n1.[Cl][Fe]([Cl])[Cl]. The van der Waals surface area contributed by atoms with E-state index in [4.69, 9.17) is 45.3 Å².